The first-order valence-corrected chi connectivity index (χ1v) is 10.3. The maximum absolute atomic E-state index is 12.5. The van der Waals surface area contributed by atoms with E-state index in [1.165, 1.54) is 10.8 Å². The van der Waals surface area contributed by atoms with Gasteiger partial charge in [-0.05, 0) is 34.7 Å². The van der Waals surface area contributed by atoms with Crippen LogP contribution in [0.5, 0.6) is 0 Å². The Bertz CT molecular complexity index is 1030. The Balaban J connectivity index is 1.46. The molecule has 2 heterocycles. The fraction of sp³-hybridized carbons (Fsp3) is 0.143. The summed E-state index contributed by atoms with van der Waals surface area (Å²) in [6, 6.07) is 16.5. The van der Waals surface area contributed by atoms with Gasteiger partial charge in [-0.15, -0.1) is 11.3 Å². The summed E-state index contributed by atoms with van der Waals surface area (Å²) < 4.78 is 0. The summed E-state index contributed by atoms with van der Waals surface area (Å²) in [6.07, 6.45) is 0.301. The van der Waals surface area contributed by atoms with E-state index < -0.39 is 0 Å². The summed E-state index contributed by atoms with van der Waals surface area (Å²) in [7, 11) is 0. The van der Waals surface area contributed by atoms with Crippen LogP contribution in [0.1, 0.15) is 24.2 Å². The van der Waals surface area contributed by atoms with Crippen LogP contribution in [0, 0.1) is 0 Å². The van der Waals surface area contributed by atoms with Gasteiger partial charge in [-0.3, -0.25) is 4.79 Å². The Morgan fingerprint density at radius 3 is 2.81 bits per heavy atom. The van der Waals surface area contributed by atoms with Gasteiger partial charge in [0.15, 0.2) is 0 Å². The second-order valence-corrected chi connectivity index (χ2v) is 7.83. The molecular formula is C21H18N2OS2. The number of rotatable bonds is 5. The van der Waals surface area contributed by atoms with Crippen molar-refractivity contribution in [2.45, 2.75) is 19.4 Å². The lowest BCUT2D eigenvalue weighted by Gasteiger charge is -2.16. The normalized spacial score (nSPS) is 12.2. The van der Waals surface area contributed by atoms with Crippen LogP contribution in [0.25, 0.3) is 21.3 Å². The molecule has 1 amide bonds. The SMILES string of the molecule is C[C@@H](NC(=O)Cc1csc(-c2ccsc2)n1)c1cccc2ccccc12. The number of carbonyl (C=O) groups is 1. The van der Waals surface area contributed by atoms with E-state index in [0.717, 1.165) is 21.8 Å². The van der Waals surface area contributed by atoms with Gasteiger partial charge in [-0.25, -0.2) is 4.98 Å². The van der Waals surface area contributed by atoms with Gasteiger partial charge in [-0.2, -0.15) is 11.3 Å². The third kappa shape index (κ3) is 3.54. The van der Waals surface area contributed by atoms with Crippen molar-refractivity contribution in [3.8, 4) is 10.6 Å². The van der Waals surface area contributed by atoms with Gasteiger partial charge in [0.25, 0.3) is 0 Å². The van der Waals surface area contributed by atoms with E-state index in [-0.39, 0.29) is 11.9 Å². The molecular weight excluding hydrogens is 360 g/mol. The van der Waals surface area contributed by atoms with Gasteiger partial charge in [0.1, 0.15) is 5.01 Å². The summed E-state index contributed by atoms with van der Waals surface area (Å²) in [5.41, 5.74) is 3.07. The van der Waals surface area contributed by atoms with Crippen molar-refractivity contribution in [3.05, 3.63) is 75.9 Å². The van der Waals surface area contributed by atoms with Crippen molar-refractivity contribution >= 4 is 39.4 Å². The smallest absolute Gasteiger partial charge is 0.226 e. The van der Waals surface area contributed by atoms with Crippen LogP contribution in [0.4, 0.5) is 0 Å². The monoisotopic (exact) mass is 378 g/mol. The molecule has 0 spiro atoms. The molecule has 0 aliphatic rings. The standard InChI is InChI=1S/C21H18N2OS2/c1-14(18-8-4-6-15-5-2-3-7-19(15)18)22-20(24)11-17-13-26-21(23-17)16-9-10-25-12-16/h2-10,12-14H,11H2,1H3,(H,22,24)/t14-/m1/s1. The van der Waals surface area contributed by atoms with Crippen LogP contribution in [0.3, 0.4) is 0 Å². The molecule has 0 saturated carbocycles. The molecule has 0 aliphatic carbocycles. The minimum Gasteiger partial charge on any atom is -0.349 e. The van der Waals surface area contributed by atoms with Crippen molar-refractivity contribution < 1.29 is 4.79 Å². The number of hydrogen-bond acceptors (Lipinski definition) is 4. The highest BCUT2D eigenvalue weighted by Crippen LogP contribution is 2.26. The number of hydrogen-bond donors (Lipinski definition) is 1. The average Bonchev–Trinajstić information content (AvgIpc) is 3.32. The third-order valence-electron chi connectivity index (χ3n) is 4.33. The fourth-order valence-corrected chi connectivity index (χ4v) is 4.60. The summed E-state index contributed by atoms with van der Waals surface area (Å²) in [5, 5.41) is 12.5. The van der Waals surface area contributed by atoms with E-state index in [2.05, 4.69) is 46.0 Å². The van der Waals surface area contributed by atoms with E-state index in [4.69, 9.17) is 0 Å². The Morgan fingerprint density at radius 2 is 1.96 bits per heavy atom. The molecule has 0 fully saturated rings. The number of carbonyl (C=O) groups excluding carboxylic acids is 1. The zero-order valence-corrected chi connectivity index (χ0v) is 15.9. The lowest BCUT2D eigenvalue weighted by Crippen LogP contribution is -2.28. The Morgan fingerprint density at radius 1 is 1.12 bits per heavy atom. The lowest BCUT2D eigenvalue weighted by atomic mass is 9.99. The highest BCUT2D eigenvalue weighted by atomic mass is 32.1. The first-order valence-electron chi connectivity index (χ1n) is 8.45. The van der Waals surface area contributed by atoms with Gasteiger partial charge in [0.05, 0.1) is 18.2 Å². The van der Waals surface area contributed by atoms with E-state index >= 15 is 0 Å². The summed E-state index contributed by atoms with van der Waals surface area (Å²) >= 11 is 3.23. The van der Waals surface area contributed by atoms with Crippen LogP contribution < -0.4 is 5.32 Å². The second-order valence-electron chi connectivity index (χ2n) is 6.19. The van der Waals surface area contributed by atoms with Crippen LogP contribution in [0.2, 0.25) is 0 Å². The first kappa shape index (κ1) is 16.9. The van der Waals surface area contributed by atoms with E-state index in [1.54, 1.807) is 22.7 Å². The van der Waals surface area contributed by atoms with Crippen molar-refractivity contribution in [1.29, 1.82) is 0 Å². The molecule has 0 saturated heterocycles. The summed E-state index contributed by atoms with van der Waals surface area (Å²) in [6.45, 7) is 2.03. The summed E-state index contributed by atoms with van der Waals surface area (Å²) in [5.74, 6) is -0.00685. The average molecular weight is 379 g/mol. The van der Waals surface area contributed by atoms with Crippen LogP contribution in [0.15, 0.2) is 64.7 Å². The lowest BCUT2D eigenvalue weighted by molar-refractivity contribution is -0.121. The van der Waals surface area contributed by atoms with Gasteiger partial charge in [0.2, 0.25) is 5.91 Å². The number of benzene rings is 2. The predicted molar refractivity (Wildman–Crippen MR) is 110 cm³/mol. The number of fused-ring (bicyclic) bond motifs is 1. The molecule has 0 aliphatic heterocycles. The number of nitrogens with zero attached hydrogens (tertiary/aromatic N) is 1. The maximum atomic E-state index is 12.5. The minimum atomic E-state index is -0.0522. The third-order valence-corrected chi connectivity index (χ3v) is 5.95. The molecule has 5 heteroatoms. The van der Waals surface area contributed by atoms with Crippen LogP contribution >= 0.6 is 22.7 Å². The van der Waals surface area contributed by atoms with Crippen molar-refractivity contribution in [3.63, 3.8) is 0 Å². The molecule has 0 unspecified atom stereocenters. The second kappa shape index (κ2) is 7.40. The molecule has 26 heavy (non-hydrogen) atoms. The van der Waals surface area contributed by atoms with Crippen molar-refractivity contribution in [1.82, 2.24) is 10.3 Å². The molecule has 4 aromatic rings. The van der Waals surface area contributed by atoms with Crippen LogP contribution in [-0.4, -0.2) is 10.9 Å². The Hall–Kier alpha value is -2.50. The van der Waals surface area contributed by atoms with Gasteiger partial charge in [0, 0.05) is 16.3 Å². The first-order chi connectivity index (χ1) is 12.7. The summed E-state index contributed by atoms with van der Waals surface area (Å²) in [4.78, 5) is 17.1. The Kier molecular flexibility index (Phi) is 4.82. The molecule has 2 aromatic carbocycles. The Labute approximate surface area is 160 Å². The van der Waals surface area contributed by atoms with E-state index in [9.17, 15) is 4.79 Å². The fourth-order valence-electron chi connectivity index (χ4n) is 3.07. The molecule has 4 rings (SSSR count). The quantitative estimate of drug-likeness (QED) is 0.502. The molecule has 3 nitrogen and oxygen atoms in total. The minimum absolute atomic E-state index is 0.00685. The van der Waals surface area contributed by atoms with Crippen LogP contribution in [-0.2, 0) is 11.2 Å². The van der Waals surface area contributed by atoms with Crippen molar-refractivity contribution in [2.75, 3.05) is 0 Å². The molecule has 2 aromatic heterocycles. The van der Waals surface area contributed by atoms with Gasteiger partial charge < -0.3 is 5.32 Å². The predicted octanol–water partition coefficient (Wildman–Crippen LogP) is 5.44. The van der Waals surface area contributed by atoms with Gasteiger partial charge in [-0.1, -0.05) is 42.5 Å². The maximum Gasteiger partial charge on any atom is 0.226 e. The molecule has 1 N–H and O–H groups in total. The zero-order valence-electron chi connectivity index (χ0n) is 14.3. The molecule has 0 radical (unpaired) electrons. The number of nitrogens with one attached hydrogen (secondary N) is 1. The topological polar surface area (TPSA) is 42.0 Å². The van der Waals surface area contributed by atoms with E-state index in [1.807, 2.05) is 35.9 Å². The molecule has 130 valence electrons. The molecule has 0 bridgehead atoms. The highest BCUT2D eigenvalue weighted by Gasteiger charge is 2.14. The zero-order chi connectivity index (χ0) is 17.9. The highest BCUT2D eigenvalue weighted by molar-refractivity contribution is 7.14. The number of thiophene rings is 1. The molecule has 1 atom stereocenters. The van der Waals surface area contributed by atoms with Gasteiger partial charge >= 0.3 is 0 Å². The number of thiazole rings is 1. The largest absolute Gasteiger partial charge is 0.349 e. The number of amides is 1. The number of aromatic nitrogens is 1. The van der Waals surface area contributed by atoms with E-state index in [0.29, 0.717) is 6.42 Å². The van der Waals surface area contributed by atoms with Crippen molar-refractivity contribution in [2.24, 2.45) is 0 Å².